The van der Waals surface area contributed by atoms with Crippen LogP contribution in [0.1, 0.15) is 31.2 Å². The molecule has 4 nitrogen and oxygen atoms in total. The summed E-state index contributed by atoms with van der Waals surface area (Å²) in [6, 6.07) is 8.03. The lowest BCUT2D eigenvalue weighted by Gasteiger charge is -2.43. The SMILES string of the molecule is COc1cccc(C2(CO)CCC3(CC2)OCCO3)c1. The van der Waals surface area contributed by atoms with Crippen molar-refractivity contribution in [2.24, 2.45) is 0 Å². The van der Waals surface area contributed by atoms with Crippen LogP contribution in [0, 0.1) is 0 Å². The maximum atomic E-state index is 9.97. The van der Waals surface area contributed by atoms with Gasteiger partial charge in [0.15, 0.2) is 5.79 Å². The standard InChI is InChI=1S/C16H22O4/c1-18-14-4-2-3-13(11-14)15(12-17)5-7-16(8-6-15)19-9-10-20-16/h2-4,11,17H,5-10,12H2,1H3. The van der Waals surface area contributed by atoms with Crippen LogP contribution in [0.4, 0.5) is 0 Å². The highest BCUT2D eigenvalue weighted by Gasteiger charge is 2.46. The Morgan fingerprint density at radius 2 is 1.85 bits per heavy atom. The first kappa shape index (κ1) is 13.9. The Bertz CT molecular complexity index is 455. The Labute approximate surface area is 119 Å². The van der Waals surface area contributed by atoms with Gasteiger partial charge in [-0.2, -0.15) is 0 Å². The number of rotatable bonds is 3. The molecule has 1 aliphatic heterocycles. The van der Waals surface area contributed by atoms with Crippen molar-refractivity contribution >= 4 is 0 Å². The van der Waals surface area contributed by atoms with Crippen LogP contribution < -0.4 is 4.74 Å². The van der Waals surface area contributed by atoms with Gasteiger partial charge in [-0.3, -0.25) is 0 Å². The van der Waals surface area contributed by atoms with Crippen molar-refractivity contribution < 1.29 is 19.3 Å². The molecule has 20 heavy (non-hydrogen) atoms. The van der Waals surface area contributed by atoms with Crippen LogP contribution in [-0.4, -0.2) is 37.8 Å². The third kappa shape index (κ3) is 2.32. The van der Waals surface area contributed by atoms with Crippen LogP contribution in [0.5, 0.6) is 5.75 Å². The molecule has 1 aromatic carbocycles. The van der Waals surface area contributed by atoms with Crippen LogP contribution in [0.25, 0.3) is 0 Å². The first-order valence-corrected chi connectivity index (χ1v) is 7.25. The van der Waals surface area contributed by atoms with E-state index in [1.54, 1.807) is 7.11 Å². The summed E-state index contributed by atoms with van der Waals surface area (Å²) in [6.07, 6.45) is 3.42. The van der Waals surface area contributed by atoms with E-state index in [1.165, 1.54) is 0 Å². The van der Waals surface area contributed by atoms with Gasteiger partial charge in [0, 0.05) is 18.3 Å². The predicted molar refractivity (Wildman–Crippen MR) is 74.9 cm³/mol. The lowest BCUT2D eigenvalue weighted by atomic mass is 9.68. The van der Waals surface area contributed by atoms with Crippen molar-refractivity contribution in [3.8, 4) is 5.75 Å². The highest BCUT2D eigenvalue weighted by atomic mass is 16.7. The molecule has 0 unspecified atom stereocenters. The van der Waals surface area contributed by atoms with E-state index in [4.69, 9.17) is 14.2 Å². The summed E-state index contributed by atoms with van der Waals surface area (Å²) in [7, 11) is 1.67. The molecule has 0 atom stereocenters. The summed E-state index contributed by atoms with van der Waals surface area (Å²) in [5.41, 5.74) is 0.946. The second-order valence-corrected chi connectivity index (χ2v) is 5.78. The van der Waals surface area contributed by atoms with E-state index >= 15 is 0 Å². The number of methoxy groups -OCH3 is 1. The van der Waals surface area contributed by atoms with Gasteiger partial charge < -0.3 is 19.3 Å². The molecule has 2 fully saturated rings. The molecule has 110 valence electrons. The van der Waals surface area contributed by atoms with Gasteiger partial charge in [0.05, 0.1) is 26.9 Å². The van der Waals surface area contributed by atoms with Gasteiger partial charge in [-0.1, -0.05) is 12.1 Å². The quantitative estimate of drug-likeness (QED) is 0.921. The minimum Gasteiger partial charge on any atom is -0.497 e. The Balaban J connectivity index is 1.82. The van der Waals surface area contributed by atoms with E-state index in [1.807, 2.05) is 18.2 Å². The molecule has 1 N–H and O–H groups in total. The van der Waals surface area contributed by atoms with Gasteiger partial charge >= 0.3 is 0 Å². The number of benzene rings is 1. The molecule has 1 saturated carbocycles. The molecule has 0 aromatic heterocycles. The van der Waals surface area contributed by atoms with E-state index in [0.717, 1.165) is 37.0 Å². The minimum absolute atomic E-state index is 0.149. The average molecular weight is 278 g/mol. The van der Waals surface area contributed by atoms with E-state index in [9.17, 15) is 5.11 Å². The monoisotopic (exact) mass is 278 g/mol. The first-order chi connectivity index (χ1) is 9.72. The molecule has 1 saturated heterocycles. The number of hydrogen-bond donors (Lipinski definition) is 1. The van der Waals surface area contributed by atoms with Crippen molar-refractivity contribution in [1.82, 2.24) is 0 Å². The minimum atomic E-state index is -0.391. The molecule has 4 heteroatoms. The van der Waals surface area contributed by atoms with Crippen molar-refractivity contribution in [3.05, 3.63) is 29.8 Å². The van der Waals surface area contributed by atoms with Crippen LogP contribution in [0.15, 0.2) is 24.3 Å². The summed E-state index contributed by atoms with van der Waals surface area (Å²) in [4.78, 5) is 0. The smallest absolute Gasteiger partial charge is 0.168 e. The normalized spacial score (nSPS) is 23.9. The second kappa shape index (κ2) is 5.35. The Morgan fingerprint density at radius 1 is 1.15 bits per heavy atom. The van der Waals surface area contributed by atoms with Gasteiger partial charge in [-0.15, -0.1) is 0 Å². The van der Waals surface area contributed by atoms with Gasteiger partial charge in [-0.05, 0) is 30.5 Å². The van der Waals surface area contributed by atoms with E-state index in [0.29, 0.717) is 13.2 Å². The fraction of sp³-hybridized carbons (Fsp3) is 0.625. The van der Waals surface area contributed by atoms with Gasteiger partial charge in [0.2, 0.25) is 0 Å². The summed E-state index contributed by atoms with van der Waals surface area (Å²) in [5.74, 6) is 0.446. The molecule has 1 spiro atoms. The summed E-state index contributed by atoms with van der Waals surface area (Å²) in [6.45, 7) is 1.52. The highest BCUT2D eigenvalue weighted by Crippen LogP contribution is 2.46. The van der Waals surface area contributed by atoms with Crippen molar-refractivity contribution in [2.45, 2.75) is 36.9 Å². The summed E-state index contributed by atoms with van der Waals surface area (Å²) >= 11 is 0. The predicted octanol–water partition coefficient (Wildman–Crippen LogP) is 2.24. The Kier molecular flexibility index (Phi) is 3.71. The van der Waals surface area contributed by atoms with Gasteiger partial charge in [0.1, 0.15) is 5.75 Å². The lowest BCUT2D eigenvalue weighted by Crippen LogP contribution is -2.44. The van der Waals surface area contributed by atoms with E-state index < -0.39 is 5.79 Å². The van der Waals surface area contributed by atoms with Crippen LogP contribution in [0.3, 0.4) is 0 Å². The van der Waals surface area contributed by atoms with Crippen LogP contribution in [-0.2, 0) is 14.9 Å². The zero-order valence-electron chi connectivity index (χ0n) is 11.9. The summed E-state index contributed by atoms with van der Waals surface area (Å²) < 4.78 is 16.8. The number of aliphatic hydroxyl groups excluding tert-OH is 1. The highest BCUT2D eigenvalue weighted by molar-refractivity contribution is 5.34. The molecule has 0 amide bonds. The zero-order valence-corrected chi connectivity index (χ0v) is 11.9. The van der Waals surface area contributed by atoms with E-state index in [2.05, 4.69) is 6.07 Å². The third-order valence-electron chi connectivity index (χ3n) is 4.77. The zero-order chi connectivity index (χ0) is 14.1. The molecule has 0 radical (unpaired) electrons. The van der Waals surface area contributed by atoms with Crippen LogP contribution in [0.2, 0.25) is 0 Å². The van der Waals surface area contributed by atoms with Gasteiger partial charge in [-0.25, -0.2) is 0 Å². The maximum Gasteiger partial charge on any atom is 0.168 e. The fourth-order valence-electron chi connectivity index (χ4n) is 3.39. The molecule has 1 aromatic rings. The lowest BCUT2D eigenvalue weighted by molar-refractivity contribution is -0.187. The number of aliphatic hydroxyl groups is 1. The fourth-order valence-corrected chi connectivity index (χ4v) is 3.39. The topological polar surface area (TPSA) is 47.9 Å². The largest absolute Gasteiger partial charge is 0.497 e. The average Bonchev–Trinajstić information content (AvgIpc) is 2.97. The molecule has 0 bridgehead atoms. The molecule has 1 heterocycles. The Morgan fingerprint density at radius 3 is 2.45 bits per heavy atom. The second-order valence-electron chi connectivity index (χ2n) is 5.78. The first-order valence-electron chi connectivity index (χ1n) is 7.25. The van der Waals surface area contributed by atoms with Crippen molar-refractivity contribution in [3.63, 3.8) is 0 Å². The van der Waals surface area contributed by atoms with Crippen molar-refractivity contribution in [2.75, 3.05) is 26.9 Å². The van der Waals surface area contributed by atoms with Gasteiger partial charge in [0.25, 0.3) is 0 Å². The number of hydrogen-bond acceptors (Lipinski definition) is 4. The van der Waals surface area contributed by atoms with E-state index in [-0.39, 0.29) is 12.0 Å². The number of ether oxygens (including phenoxy) is 3. The third-order valence-corrected chi connectivity index (χ3v) is 4.77. The summed E-state index contributed by atoms with van der Waals surface area (Å²) in [5, 5.41) is 9.97. The van der Waals surface area contributed by atoms with Crippen LogP contribution >= 0.6 is 0 Å². The molecular weight excluding hydrogens is 256 g/mol. The maximum absolute atomic E-state index is 9.97. The Hall–Kier alpha value is -1.10. The molecular formula is C16H22O4. The van der Waals surface area contributed by atoms with Crippen molar-refractivity contribution in [1.29, 1.82) is 0 Å². The molecule has 3 rings (SSSR count). The molecule has 1 aliphatic carbocycles. The molecule has 2 aliphatic rings.